The fourth-order valence-corrected chi connectivity index (χ4v) is 2.15. The van der Waals surface area contributed by atoms with E-state index in [1.165, 1.54) is 25.0 Å². The quantitative estimate of drug-likeness (QED) is 0.604. The first kappa shape index (κ1) is 14.0. The number of rotatable bonds is 5. The van der Waals surface area contributed by atoms with Crippen LogP contribution in [-0.2, 0) is 9.47 Å². The molecule has 1 aromatic rings. The summed E-state index contributed by atoms with van der Waals surface area (Å²) in [6.45, 7) is 3.56. The van der Waals surface area contributed by atoms with Crippen molar-refractivity contribution < 1.29 is 14.4 Å². The van der Waals surface area contributed by atoms with Crippen molar-refractivity contribution in [2.75, 3.05) is 13.2 Å². The zero-order chi connectivity index (χ0) is 13.7. The van der Waals surface area contributed by atoms with Crippen molar-refractivity contribution in [2.24, 2.45) is 5.92 Å². The molecule has 19 heavy (non-hydrogen) atoms. The van der Waals surface area contributed by atoms with E-state index in [2.05, 4.69) is 6.92 Å². The van der Waals surface area contributed by atoms with E-state index in [0.717, 1.165) is 12.0 Å². The van der Waals surface area contributed by atoms with Gasteiger partial charge in [-0.15, -0.1) is 0 Å². The van der Waals surface area contributed by atoms with Crippen LogP contribution in [0.15, 0.2) is 24.3 Å². The van der Waals surface area contributed by atoms with E-state index >= 15 is 0 Å². The van der Waals surface area contributed by atoms with Gasteiger partial charge in [-0.25, -0.2) is 0 Å². The molecule has 0 amide bonds. The number of hydrogen-bond acceptors (Lipinski definition) is 4. The Balaban J connectivity index is 1.88. The van der Waals surface area contributed by atoms with Crippen molar-refractivity contribution in [3.8, 4) is 0 Å². The van der Waals surface area contributed by atoms with Gasteiger partial charge in [-0.3, -0.25) is 10.1 Å². The minimum atomic E-state index is -0.410. The zero-order valence-electron chi connectivity index (χ0n) is 11.1. The Morgan fingerprint density at radius 2 is 1.89 bits per heavy atom. The largest absolute Gasteiger partial charge is 0.348 e. The van der Waals surface area contributed by atoms with E-state index in [1.807, 2.05) is 0 Å². The molecular formula is C14H19NO4. The van der Waals surface area contributed by atoms with Crippen molar-refractivity contribution in [2.45, 2.75) is 32.5 Å². The summed E-state index contributed by atoms with van der Waals surface area (Å²) in [6.07, 6.45) is 3.12. The van der Waals surface area contributed by atoms with Crippen molar-refractivity contribution >= 4 is 5.69 Å². The molecule has 1 saturated heterocycles. The first-order chi connectivity index (χ1) is 9.20. The molecule has 104 valence electrons. The van der Waals surface area contributed by atoms with Crippen LogP contribution in [0.25, 0.3) is 0 Å². The van der Waals surface area contributed by atoms with Crippen LogP contribution in [0.4, 0.5) is 5.69 Å². The van der Waals surface area contributed by atoms with Gasteiger partial charge in [0, 0.05) is 23.6 Å². The average Bonchev–Trinajstić information content (AvgIpc) is 2.46. The second kappa shape index (κ2) is 6.63. The lowest BCUT2D eigenvalue weighted by Crippen LogP contribution is -2.27. The Labute approximate surface area is 112 Å². The number of non-ortho nitro benzene ring substituents is 1. The Hall–Kier alpha value is -1.46. The van der Waals surface area contributed by atoms with Crippen LogP contribution in [0, 0.1) is 16.0 Å². The molecule has 1 aliphatic rings. The first-order valence-corrected chi connectivity index (χ1v) is 6.68. The van der Waals surface area contributed by atoms with Crippen molar-refractivity contribution in [1.82, 2.24) is 0 Å². The molecule has 0 atom stereocenters. The standard InChI is InChI=1S/C14H19NO4/c1-2-3-4-11-9-18-14(19-10-11)12-5-7-13(8-6-12)15(16)17/h5-8,11,14H,2-4,9-10H2,1H3. The van der Waals surface area contributed by atoms with Gasteiger partial charge in [0.1, 0.15) is 0 Å². The fraction of sp³-hybridized carbons (Fsp3) is 0.571. The predicted octanol–water partition coefficient (Wildman–Crippen LogP) is 3.45. The smallest absolute Gasteiger partial charge is 0.269 e. The highest BCUT2D eigenvalue weighted by Gasteiger charge is 2.23. The van der Waals surface area contributed by atoms with Gasteiger partial charge in [-0.05, 0) is 18.6 Å². The number of nitro groups is 1. The van der Waals surface area contributed by atoms with Gasteiger partial charge in [-0.2, -0.15) is 0 Å². The number of benzene rings is 1. The lowest BCUT2D eigenvalue weighted by Gasteiger charge is -2.29. The molecule has 1 aromatic carbocycles. The van der Waals surface area contributed by atoms with Gasteiger partial charge in [-0.1, -0.05) is 19.8 Å². The summed E-state index contributed by atoms with van der Waals surface area (Å²) in [7, 11) is 0. The molecule has 1 fully saturated rings. The van der Waals surface area contributed by atoms with Gasteiger partial charge in [0.25, 0.3) is 5.69 Å². The van der Waals surface area contributed by atoms with Crippen molar-refractivity contribution in [3.05, 3.63) is 39.9 Å². The number of hydrogen-bond donors (Lipinski definition) is 0. The molecule has 0 spiro atoms. The van der Waals surface area contributed by atoms with E-state index in [4.69, 9.17) is 9.47 Å². The zero-order valence-corrected chi connectivity index (χ0v) is 11.1. The summed E-state index contributed by atoms with van der Waals surface area (Å²) in [5, 5.41) is 10.6. The molecule has 0 N–H and O–H groups in total. The third-order valence-electron chi connectivity index (χ3n) is 3.31. The molecule has 1 heterocycles. The number of nitrogens with zero attached hydrogens (tertiary/aromatic N) is 1. The molecule has 0 radical (unpaired) electrons. The molecule has 0 aromatic heterocycles. The third kappa shape index (κ3) is 3.75. The van der Waals surface area contributed by atoms with E-state index in [1.54, 1.807) is 12.1 Å². The van der Waals surface area contributed by atoms with Crippen LogP contribution in [0.5, 0.6) is 0 Å². The van der Waals surface area contributed by atoms with Crippen molar-refractivity contribution in [3.63, 3.8) is 0 Å². The van der Waals surface area contributed by atoms with Gasteiger partial charge in [0.15, 0.2) is 6.29 Å². The minimum Gasteiger partial charge on any atom is -0.348 e. The molecule has 5 heteroatoms. The Morgan fingerprint density at radius 1 is 1.26 bits per heavy atom. The predicted molar refractivity (Wildman–Crippen MR) is 70.8 cm³/mol. The number of unbranched alkanes of at least 4 members (excludes halogenated alkanes) is 1. The van der Waals surface area contributed by atoms with Crippen LogP contribution < -0.4 is 0 Å². The van der Waals surface area contributed by atoms with Gasteiger partial charge < -0.3 is 9.47 Å². The minimum absolute atomic E-state index is 0.0837. The van der Waals surface area contributed by atoms with Crippen molar-refractivity contribution in [1.29, 1.82) is 0 Å². The summed E-state index contributed by atoms with van der Waals surface area (Å²) in [4.78, 5) is 10.2. The molecule has 1 aliphatic heterocycles. The highest BCUT2D eigenvalue weighted by Crippen LogP contribution is 2.28. The van der Waals surface area contributed by atoms with Crippen LogP contribution >= 0.6 is 0 Å². The van der Waals surface area contributed by atoms with Crippen LogP contribution in [0.3, 0.4) is 0 Å². The number of ether oxygens (including phenoxy) is 2. The van der Waals surface area contributed by atoms with Crippen LogP contribution in [0.1, 0.15) is 38.0 Å². The Kier molecular flexibility index (Phi) is 4.87. The molecule has 0 unspecified atom stereocenters. The topological polar surface area (TPSA) is 61.6 Å². The maximum absolute atomic E-state index is 10.6. The van der Waals surface area contributed by atoms with Gasteiger partial charge in [0.2, 0.25) is 0 Å². The molecular weight excluding hydrogens is 246 g/mol. The highest BCUT2D eigenvalue weighted by atomic mass is 16.7. The normalized spacial score (nSPS) is 23.2. The second-order valence-electron chi connectivity index (χ2n) is 4.86. The summed E-state index contributed by atoms with van der Waals surface area (Å²) < 4.78 is 11.4. The molecule has 0 aliphatic carbocycles. The van der Waals surface area contributed by atoms with Gasteiger partial charge in [0.05, 0.1) is 18.1 Å². The van der Waals surface area contributed by atoms with Crippen LogP contribution in [-0.4, -0.2) is 18.1 Å². The SMILES string of the molecule is CCCCC1COC(c2ccc([N+](=O)[O-])cc2)OC1. The van der Waals surface area contributed by atoms with E-state index < -0.39 is 11.2 Å². The molecule has 0 saturated carbocycles. The molecule has 5 nitrogen and oxygen atoms in total. The van der Waals surface area contributed by atoms with E-state index in [0.29, 0.717) is 19.1 Å². The Bertz CT molecular complexity index is 410. The van der Waals surface area contributed by atoms with Gasteiger partial charge >= 0.3 is 0 Å². The van der Waals surface area contributed by atoms with Crippen LogP contribution in [0.2, 0.25) is 0 Å². The third-order valence-corrected chi connectivity index (χ3v) is 3.31. The second-order valence-corrected chi connectivity index (χ2v) is 4.86. The monoisotopic (exact) mass is 265 g/mol. The fourth-order valence-electron chi connectivity index (χ4n) is 2.15. The summed E-state index contributed by atoms with van der Waals surface area (Å²) >= 11 is 0. The van der Waals surface area contributed by atoms with E-state index in [9.17, 15) is 10.1 Å². The molecule has 2 rings (SSSR count). The lowest BCUT2D eigenvalue weighted by atomic mass is 10.0. The highest BCUT2D eigenvalue weighted by molar-refractivity contribution is 5.33. The maximum atomic E-state index is 10.6. The Morgan fingerprint density at radius 3 is 2.42 bits per heavy atom. The lowest BCUT2D eigenvalue weighted by molar-refractivity contribution is -0.384. The summed E-state index contributed by atoms with van der Waals surface area (Å²) in [6, 6.07) is 6.33. The van der Waals surface area contributed by atoms with E-state index in [-0.39, 0.29) is 5.69 Å². The summed E-state index contributed by atoms with van der Waals surface area (Å²) in [5.41, 5.74) is 0.917. The number of nitro benzene ring substituents is 1. The molecule has 0 bridgehead atoms. The maximum Gasteiger partial charge on any atom is 0.269 e. The average molecular weight is 265 g/mol. The summed E-state index contributed by atoms with van der Waals surface area (Å²) in [5.74, 6) is 0.467. The first-order valence-electron chi connectivity index (χ1n) is 6.68.